The van der Waals surface area contributed by atoms with Gasteiger partial charge in [-0.3, -0.25) is 0 Å². The standard InChI is InChI=1S/C10H20.C3H6/c1-2-3-7-10-8-5-4-6-9-10;1-3-2/h10H,2-9H2,1H3;3H,1H2,2H3. The minimum atomic E-state index is 1.11. The summed E-state index contributed by atoms with van der Waals surface area (Å²) in [6, 6.07) is 0. The summed E-state index contributed by atoms with van der Waals surface area (Å²) in [7, 11) is 0. The summed E-state index contributed by atoms with van der Waals surface area (Å²) in [6.07, 6.45) is 13.7. The van der Waals surface area contributed by atoms with Crippen molar-refractivity contribution in [3.05, 3.63) is 12.7 Å². The van der Waals surface area contributed by atoms with E-state index in [1.807, 2.05) is 6.92 Å². The van der Waals surface area contributed by atoms with Gasteiger partial charge in [-0.1, -0.05) is 64.4 Å². The zero-order chi connectivity index (χ0) is 9.94. The Labute approximate surface area is 84.4 Å². The van der Waals surface area contributed by atoms with Gasteiger partial charge in [0.1, 0.15) is 0 Å². The third kappa shape index (κ3) is 8.08. The van der Waals surface area contributed by atoms with Crippen molar-refractivity contribution in [2.24, 2.45) is 5.92 Å². The van der Waals surface area contributed by atoms with Crippen LogP contribution in [-0.4, -0.2) is 0 Å². The summed E-state index contributed by atoms with van der Waals surface area (Å²) in [6.45, 7) is 7.54. The smallest absolute Gasteiger partial charge is 0.0414 e. The summed E-state index contributed by atoms with van der Waals surface area (Å²) in [5.74, 6) is 1.11. The van der Waals surface area contributed by atoms with Crippen LogP contribution in [0.2, 0.25) is 0 Å². The van der Waals surface area contributed by atoms with Crippen molar-refractivity contribution >= 4 is 0 Å². The lowest BCUT2D eigenvalue weighted by Crippen LogP contribution is -2.05. The Morgan fingerprint density at radius 1 is 1.23 bits per heavy atom. The van der Waals surface area contributed by atoms with E-state index in [2.05, 4.69) is 13.5 Å². The Balaban J connectivity index is 0.000000424. The molecule has 0 unspecified atom stereocenters. The SMILES string of the molecule is C=CC.CCCCC1CCCCC1. The molecule has 0 spiro atoms. The van der Waals surface area contributed by atoms with E-state index in [9.17, 15) is 0 Å². The van der Waals surface area contributed by atoms with Crippen LogP contribution in [0.15, 0.2) is 12.7 Å². The molecule has 78 valence electrons. The van der Waals surface area contributed by atoms with Crippen LogP contribution in [0.1, 0.15) is 65.2 Å². The Kier molecular flexibility index (Phi) is 9.63. The van der Waals surface area contributed by atoms with Crippen molar-refractivity contribution in [1.82, 2.24) is 0 Å². The van der Waals surface area contributed by atoms with E-state index in [-0.39, 0.29) is 0 Å². The fraction of sp³-hybridized carbons (Fsp3) is 0.846. The zero-order valence-electron chi connectivity index (χ0n) is 9.52. The highest BCUT2D eigenvalue weighted by Crippen LogP contribution is 2.27. The second kappa shape index (κ2) is 9.83. The highest BCUT2D eigenvalue weighted by molar-refractivity contribution is 4.65. The maximum Gasteiger partial charge on any atom is -0.0414 e. The van der Waals surface area contributed by atoms with Gasteiger partial charge in [-0.25, -0.2) is 0 Å². The van der Waals surface area contributed by atoms with Gasteiger partial charge in [0.15, 0.2) is 0 Å². The Bertz CT molecular complexity index is 98.6. The predicted molar refractivity (Wildman–Crippen MR) is 62.0 cm³/mol. The molecule has 0 nitrogen and oxygen atoms in total. The molecule has 0 N–H and O–H groups in total. The lowest BCUT2D eigenvalue weighted by atomic mass is 9.86. The van der Waals surface area contributed by atoms with Crippen molar-refractivity contribution < 1.29 is 0 Å². The van der Waals surface area contributed by atoms with Gasteiger partial charge in [0.05, 0.1) is 0 Å². The number of rotatable bonds is 3. The van der Waals surface area contributed by atoms with Crippen LogP contribution in [0.3, 0.4) is 0 Å². The first-order chi connectivity index (χ1) is 6.35. The monoisotopic (exact) mass is 182 g/mol. The van der Waals surface area contributed by atoms with Crippen LogP contribution < -0.4 is 0 Å². The molecule has 0 aliphatic heterocycles. The third-order valence-electron chi connectivity index (χ3n) is 2.69. The van der Waals surface area contributed by atoms with Gasteiger partial charge in [0.2, 0.25) is 0 Å². The second-order valence-electron chi connectivity index (χ2n) is 4.05. The quantitative estimate of drug-likeness (QED) is 0.542. The Morgan fingerprint density at radius 2 is 1.77 bits per heavy atom. The molecular formula is C13H26. The molecule has 1 aliphatic rings. The summed E-state index contributed by atoms with van der Waals surface area (Å²) in [4.78, 5) is 0. The van der Waals surface area contributed by atoms with Crippen LogP contribution in [0.5, 0.6) is 0 Å². The van der Waals surface area contributed by atoms with Crippen LogP contribution in [0, 0.1) is 5.92 Å². The van der Waals surface area contributed by atoms with E-state index in [1.54, 1.807) is 6.08 Å². The predicted octanol–water partition coefficient (Wildman–Crippen LogP) is 4.95. The normalized spacial score (nSPS) is 17.4. The fourth-order valence-corrected chi connectivity index (χ4v) is 1.97. The number of unbranched alkanes of at least 4 members (excludes halogenated alkanes) is 1. The lowest BCUT2D eigenvalue weighted by molar-refractivity contribution is 0.331. The van der Waals surface area contributed by atoms with E-state index >= 15 is 0 Å². The van der Waals surface area contributed by atoms with Crippen molar-refractivity contribution in [3.63, 3.8) is 0 Å². The number of hydrogen-bond acceptors (Lipinski definition) is 0. The minimum absolute atomic E-state index is 1.11. The van der Waals surface area contributed by atoms with Crippen LogP contribution in [0.4, 0.5) is 0 Å². The summed E-state index contributed by atoms with van der Waals surface area (Å²) in [5.41, 5.74) is 0. The largest absolute Gasteiger partial charge is 0.103 e. The second-order valence-corrected chi connectivity index (χ2v) is 4.05. The first-order valence-electron chi connectivity index (χ1n) is 5.92. The summed E-state index contributed by atoms with van der Waals surface area (Å²) in [5, 5.41) is 0. The summed E-state index contributed by atoms with van der Waals surface area (Å²) >= 11 is 0. The maximum atomic E-state index is 3.36. The molecule has 0 aromatic carbocycles. The van der Waals surface area contributed by atoms with Gasteiger partial charge in [0, 0.05) is 0 Å². The van der Waals surface area contributed by atoms with Crippen LogP contribution in [0.25, 0.3) is 0 Å². The highest BCUT2D eigenvalue weighted by Gasteiger charge is 2.11. The van der Waals surface area contributed by atoms with Crippen LogP contribution in [-0.2, 0) is 0 Å². The molecule has 0 bridgehead atoms. The third-order valence-corrected chi connectivity index (χ3v) is 2.69. The molecule has 0 radical (unpaired) electrons. The molecule has 13 heavy (non-hydrogen) atoms. The van der Waals surface area contributed by atoms with Crippen molar-refractivity contribution in [2.45, 2.75) is 65.2 Å². The molecular weight excluding hydrogens is 156 g/mol. The maximum absolute atomic E-state index is 3.36. The van der Waals surface area contributed by atoms with Gasteiger partial charge >= 0.3 is 0 Å². The molecule has 0 heteroatoms. The molecule has 0 atom stereocenters. The van der Waals surface area contributed by atoms with Gasteiger partial charge < -0.3 is 0 Å². The first kappa shape index (κ1) is 12.7. The van der Waals surface area contributed by atoms with E-state index < -0.39 is 0 Å². The minimum Gasteiger partial charge on any atom is -0.103 e. The van der Waals surface area contributed by atoms with Crippen molar-refractivity contribution in [3.8, 4) is 0 Å². The van der Waals surface area contributed by atoms with E-state index in [0.29, 0.717) is 0 Å². The molecule has 1 fully saturated rings. The number of allylic oxidation sites excluding steroid dienone is 1. The number of hydrogen-bond donors (Lipinski definition) is 0. The molecule has 0 saturated heterocycles. The average Bonchev–Trinajstić information content (AvgIpc) is 2.18. The van der Waals surface area contributed by atoms with Crippen molar-refractivity contribution in [1.29, 1.82) is 0 Å². The topological polar surface area (TPSA) is 0 Å². The molecule has 0 aromatic heterocycles. The lowest BCUT2D eigenvalue weighted by Gasteiger charge is -2.20. The molecule has 0 aromatic rings. The Morgan fingerprint density at radius 3 is 2.23 bits per heavy atom. The molecule has 1 aliphatic carbocycles. The average molecular weight is 182 g/mol. The van der Waals surface area contributed by atoms with Gasteiger partial charge in [0.25, 0.3) is 0 Å². The van der Waals surface area contributed by atoms with Crippen LogP contribution >= 0.6 is 0 Å². The fourth-order valence-electron chi connectivity index (χ4n) is 1.97. The molecule has 0 amide bonds. The van der Waals surface area contributed by atoms with E-state index in [0.717, 1.165) is 5.92 Å². The summed E-state index contributed by atoms with van der Waals surface area (Å²) < 4.78 is 0. The van der Waals surface area contributed by atoms with Gasteiger partial charge in [-0.15, -0.1) is 6.58 Å². The highest BCUT2D eigenvalue weighted by atomic mass is 14.2. The van der Waals surface area contributed by atoms with E-state index in [1.165, 1.54) is 51.4 Å². The Hall–Kier alpha value is -0.260. The molecule has 1 saturated carbocycles. The van der Waals surface area contributed by atoms with Crippen molar-refractivity contribution in [2.75, 3.05) is 0 Å². The zero-order valence-corrected chi connectivity index (χ0v) is 9.52. The van der Waals surface area contributed by atoms with E-state index in [4.69, 9.17) is 0 Å². The molecule has 1 rings (SSSR count). The first-order valence-corrected chi connectivity index (χ1v) is 5.92. The molecule has 0 heterocycles. The van der Waals surface area contributed by atoms with Gasteiger partial charge in [-0.2, -0.15) is 0 Å². The van der Waals surface area contributed by atoms with Gasteiger partial charge in [-0.05, 0) is 12.8 Å².